The molecule has 0 amide bonds. The van der Waals surface area contributed by atoms with E-state index >= 15 is 0 Å². The van der Waals surface area contributed by atoms with E-state index in [1.807, 2.05) is 42.5 Å². The molecule has 0 radical (unpaired) electrons. The van der Waals surface area contributed by atoms with Crippen LogP contribution in [0.15, 0.2) is 54.6 Å². The first kappa shape index (κ1) is 16.8. The Balaban J connectivity index is 1.48. The SMILES string of the molecule is CCCC(CNC1CC1)Oc1ccc(OCc2ccccc2)cc1. The smallest absolute Gasteiger partial charge is 0.120 e. The maximum Gasteiger partial charge on any atom is 0.120 e. The third-order valence-electron chi connectivity index (χ3n) is 4.20. The van der Waals surface area contributed by atoms with Crippen LogP contribution in [0.2, 0.25) is 0 Å². The summed E-state index contributed by atoms with van der Waals surface area (Å²) in [5.41, 5.74) is 1.17. The fraction of sp³-hybridized carbons (Fsp3) is 0.429. The second-order valence-electron chi connectivity index (χ2n) is 6.46. The van der Waals surface area contributed by atoms with Crippen molar-refractivity contribution in [1.29, 1.82) is 0 Å². The molecule has 3 rings (SSSR count). The van der Waals surface area contributed by atoms with Gasteiger partial charge in [0, 0.05) is 12.6 Å². The van der Waals surface area contributed by atoms with E-state index in [9.17, 15) is 0 Å². The van der Waals surface area contributed by atoms with Gasteiger partial charge in [0.1, 0.15) is 24.2 Å². The van der Waals surface area contributed by atoms with Crippen molar-refractivity contribution in [3.63, 3.8) is 0 Å². The van der Waals surface area contributed by atoms with Crippen LogP contribution in [0.5, 0.6) is 11.5 Å². The Morgan fingerprint density at radius 1 is 1.00 bits per heavy atom. The molecular weight excluding hydrogens is 298 g/mol. The lowest BCUT2D eigenvalue weighted by molar-refractivity contribution is 0.185. The average molecular weight is 325 g/mol. The molecule has 128 valence electrons. The first-order chi connectivity index (χ1) is 11.8. The van der Waals surface area contributed by atoms with E-state index in [-0.39, 0.29) is 6.10 Å². The second-order valence-corrected chi connectivity index (χ2v) is 6.46. The van der Waals surface area contributed by atoms with E-state index in [0.717, 1.165) is 36.9 Å². The van der Waals surface area contributed by atoms with E-state index in [4.69, 9.17) is 9.47 Å². The highest BCUT2D eigenvalue weighted by atomic mass is 16.5. The average Bonchev–Trinajstić information content (AvgIpc) is 3.45. The van der Waals surface area contributed by atoms with Crippen molar-refractivity contribution in [2.24, 2.45) is 0 Å². The maximum atomic E-state index is 6.13. The molecule has 1 fully saturated rings. The summed E-state index contributed by atoms with van der Waals surface area (Å²) in [4.78, 5) is 0. The number of ether oxygens (including phenoxy) is 2. The van der Waals surface area contributed by atoms with Gasteiger partial charge in [-0.3, -0.25) is 0 Å². The van der Waals surface area contributed by atoms with Gasteiger partial charge in [-0.25, -0.2) is 0 Å². The molecule has 0 aromatic heterocycles. The third-order valence-corrected chi connectivity index (χ3v) is 4.20. The third kappa shape index (κ3) is 5.57. The molecule has 1 saturated carbocycles. The van der Waals surface area contributed by atoms with Crippen LogP contribution in [-0.2, 0) is 6.61 Å². The zero-order valence-corrected chi connectivity index (χ0v) is 14.4. The molecule has 2 aromatic carbocycles. The molecule has 1 aliphatic carbocycles. The summed E-state index contributed by atoms with van der Waals surface area (Å²) < 4.78 is 12.0. The molecule has 0 bridgehead atoms. The fourth-order valence-corrected chi connectivity index (χ4v) is 2.66. The monoisotopic (exact) mass is 325 g/mol. The van der Waals surface area contributed by atoms with Crippen LogP contribution in [0.1, 0.15) is 38.2 Å². The van der Waals surface area contributed by atoms with Crippen molar-refractivity contribution in [3.05, 3.63) is 60.2 Å². The minimum absolute atomic E-state index is 0.242. The first-order valence-corrected chi connectivity index (χ1v) is 9.00. The molecular formula is C21H27NO2. The van der Waals surface area contributed by atoms with Crippen LogP contribution < -0.4 is 14.8 Å². The molecule has 3 heteroatoms. The Bertz CT molecular complexity index is 593. The van der Waals surface area contributed by atoms with Gasteiger partial charge in [-0.05, 0) is 49.1 Å². The summed E-state index contributed by atoms with van der Waals surface area (Å²) in [5.74, 6) is 1.78. The summed E-state index contributed by atoms with van der Waals surface area (Å²) in [7, 11) is 0. The predicted octanol–water partition coefficient (Wildman–Crippen LogP) is 4.57. The molecule has 2 aromatic rings. The number of nitrogens with one attached hydrogen (secondary N) is 1. The van der Waals surface area contributed by atoms with Crippen LogP contribution in [0.4, 0.5) is 0 Å². The molecule has 1 aliphatic rings. The van der Waals surface area contributed by atoms with Gasteiger partial charge in [-0.1, -0.05) is 43.7 Å². The van der Waals surface area contributed by atoms with Gasteiger partial charge < -0.3 is 14.8 Å². The van der Waals surface area contributed by atoms with E-state index in [1.54, 1.807) is 0 Å². The summed E-state index contributed by atoms with van der Waals surface area (Å²) >= 11 is 0. The number of rotatable bonds is 10. The van der Waals surface area contributed by atoms with Gasteiger partial charge in [0.05, 0.1) is 0 Å². The van der Waals surface area contributed by atoms with Gasteiger partial charge in [0.25, 0.3) is 0 Å². The normalized spacial score (nSPS) is 15.0. The zero-order valence-electron chi connectivity index (χ0n) is 14.4. The standard InChI is InChI=1S/C21H27NO2/c1-2-6-21(15-22-18-9-10-18)24-20-13-11-19(12-14-20)23-16-17-7-4-3-5-8-17/h3-5,7-8,11-14,18,21-22H,2,6,9-10,15-16H2,1H3. The summed E-state index contributed by atoms with van der Waals surface area (Å²) in [6, 6.07) is 18.9. The largest absolute Gasteiger partial charge is 0.489 e. The molecule has 24 heavy (non-hydrogen) atoms. The first-order valence-electron chi connectivity index (χ1n) is 9.00. The summed E-state index contributed by atoms with van der Waals surface area (Å²) in [6.45, 7) is 3.73. The Morgan fingerprint density at radius 2 is 1.71 bits per heavy atom. The Labute approximate surface area is 145 Å². The second kappa shape index (κ2) is 8.74. The molecule has 0 saturated heterocycles. The Hall–Kier alpha value is -2.00. The lowest BCUT2D eigenvalue weighted by Crippen LogP contribution is -2.32. The molecule has 0 spiro atoms. The van der Waals surface area contributed by atoms with Crippen LogP contribution >= 0.6 is 0 Å². The maximum absolute atomic E-state index is 6.13. The quantitative estimate of drug-likeness (QED) is 0.694. The van der Waals surface area contributed by atoms with Gasteiger partial charge in [0.2, 0.25) is 0 Å². The predicted molar refractivity (Wildman–Crippen MR) is 97.6 cm³/mol. The van der Waals surface area contributed by atoms with Crippen molar-refractivity contribution in [2.75, 3.05) is 6.54 Å². The van der Waals surface area contributed by atoms with Crippen LogP contribution in [0.3, 0.4) is 0 Å². The summed E-state index contributed by atoms with van der Waals surface area (Å²) in [5, 5.41) is 3.56. The van der Waals surface area contributed by atoms with Crippen LogP contribution in [0, 0.1) is 0 Å². The van der Waals surface area contributed by atoms with Gasteiger partial charge in [0.15, 0.2) is 0 Å². The summed E-state index contributed by atoms with van der Waals surface area (Å²) in [6.07, 6.45) is 5.08. The van der Waals surface area contributed by atoms with Crippen molar-refractivity contribution in [1.82, 2.24) is 5.32 Å². The minimum atomic E-state index is 0.242. The fourth-order valence-electron chi connectivity index (χ4n) is 2.66. The molecule has 1 unspecified atom stereocenters. The molecule has 3 nitrogen and oxygen atoms in total. The van der Waals surface area contributed by atoms with Crippen molar-refractivity contribution in [2.45, 2.75) is 51.4 Å². The van der Waals surface area contributed by atoms with Crippen molar-refractivity contribution < 1.29 is 9.47 Å². The molecule has 0 heterocycles. The highest BCUT2D eigenvalue weighted by Gasteiger charge is 2.22. The van der Waals surface area contributed by atoms with E-state index < -0.39 is 0 Å². The van der Waals surface area contributed by atoms with Crippen LogP contribution in [0.25, 0.3) is 0 Å². The van der Waals surface area contributed by atoms with Gasteiger partial charge >= 0.3 is 0 Å². The molecule has 1 atom stereocenters. The lowest BCUT2D eigenvalue weighted by Gasteiger charge is -2.19. The van der Waals surface area contributed by atoms with Crippen LogP contribution in [-0.4, -0.2) is 18.7 Å². The topological polar surface area (TPSA) is 30.5 Å². The van der Waals surface area contributed by atoms with E-state index in [1.165, 1.54) is 18.4 Å². The Kier molecular flexibility index (Phi) is 6.13. The van der Waals surface area contributed by atoms with Gasteiger partial charge in [-0.2, -0.15) is 0 Å². The minimum Gasteiger partial charge on any atom is -0.489 e. The van der Waals surface area contributed by atoms with Crippen molar-refractivity contribution >= 4 is 0 Å². The number of hydrogen-bond acceptors (Lipinski definition) is 3. The van der Waals surface area contributed by atoms with E-state index in [0.29, 0.717) is 6.61 Å². The molecule has 1 N–H and O–H groups in total. The number of benzene rings is 2. The highest BCUT2D eigenvalue weighted by molar-refractivity contribution is 5.31. The van der Waals surface area contributed by atoms with Crippen molar-refractivity contribution in [3.8, 4) is 11.5 Å². The van der Waals surface area contributed by atoms with Gasteiger partial charge in [-0.15, -0.1) is 0 Å². The Morgan fingerprint density at radius 3 is 2.38 bits per heavy atom. The highest BCUT2D eigenvalue weighted by Crippen LogP contribution is 2.22. The zero-order chi connectivity index (χ0) is 16.6. The molecule has 0 aliphatic heterocycles. The number of hydrogen-bond donors (Lipinski definition) is 1. The van der Waals surface area contributed by atoms with E-state index in [2.05, 4.69) is 24.4 Å². The lowest BCUT2D eigenvalue weighted by atomic mass is 10.2.